The lowest BCUT2D eigenvalue weighted by Crippen LogP contribution is -2.62. The molecule has 0 heterocycles. The molecule has 12 heteroatoms. The van der Waals surface area contributed by atoms with Crippen LogP contribution in [-0.4, -0.2) is 90.7 Å². The van der Waals surface area contributed by atoms with Gasteiger partial charge in [-0.15, -0.1) is 0 Å². The molecule has 0 aromatic rings. The molecule has 0 amide bonds. The number of ketones is 1. The maximum Gasteiger partial charge on any atom is 0.311 e. The van der Waals surface area contributed by atoms with Crippen molar-refractivity contribution in [3.63, 3.8) is 0 Å². The quantitative estimate of drug-likeness (QED) is 0.139. The number of esters is 4. The maximum atomic E-state index is 13.6. The average molecular weight is 1140 g/mol. The van der Waals surface area contributed by atoms with E-state index in [9.17, 15) is 39.3 Å². The van der Waals surface area contributed by atoms with Crippen LogP contribution in [0.2, 0.25) is 0 Å². The monoisotopic (exact) mass is 1130 g/mol. The lowest BCUT2D eigenvalue weighted by atomic mass is 9.34. The summed E-state index contributed by atoms with van der Waals surface area (Å²) in [6.07, 6.45) is 25.1. The van der Waals surface area contributed by atoms with Gasteiger partial charge in [-0.2, -0.15) is 0 Å². The first kappa shape index (κ1) is 62.4. The minimum atomic E-state index is -1.03. The number of hydrogen-bond donors (Lipinski definition) is 3. The van der Waals surface area contributed by atoms with Gasteiger partial charge < -0.3 is 34.3 Å². The second-order valence-electron chi connectivity index (χ2n) is 30.9. The van der Waals surface area contributed by atoms with Crippen LogP contribution in [0.5, 0.6) is 0 Å². The highest BCUT2D eigenvalue weighted by Crippen LogP contribution is 2.78. The first-order chi connectivity index (χ1) is 38.2. The SMILES string of the molecule is CCCC(=O)O[C@H]1C(=O)C=C2C(=CC=C3[C@@]2(C)CC[C@@]2(C)[C@@H]4C[C@](C)(C(=O)OC)CC[C@]4(C)CC[C@]32C)[C@]1(C)CO.CCCC(=O)O[C@H]1C(O)C=C2C(=CC=C3[C@@]2(C)CC[C@@]2(C)[C@@H]4C[C@](C)(C(=O)OC)CC[C@]4(C)CC[C@]32C)[C@]1(C)CO. The Morgan fingerprint density at radius 1 is 0.524 bits per heavy atom. The standard InChI is InChI=1S/C35H52O6.C35H50O6/c2*1-9-10-27(38)41-28-24(37)19-23-22(33(28,5)21-36)11-12-25-32(23,4)16-18-35(7)26-20-31(3,29(39)40-8)14-13-30(26,2)15-17-34(25,35)6/h11-12,19,24,26,28,36-37H,9-10,13-18,20-21H2,1-8H3;11-12,19,26,28,36H,9-10,13-18,20-21H2,1-8H3/t24?,26-,28+,30-,31-,32+,33+,34-,35+;26-,28+,30-,31-,32+,33+,34-,35+/m11/s1. The number of aliphatic hydroxyl groups excluding tert-OH is 3. The molecule has 454 valence electrons. The topological polar surface area (TPSA) is 183 Å². The summed E-state index contributed by atoms with van der Waals surface area (Å²) in [5, 5.41) is 32.8. The lowest BCUT2D eigenvalue weighted by molar-refractivity contribution is -0.181. The van der Waals surface area contributed by atoms with Gasteiger partial charge in [-0.05, 0) is 209 Å². The van der Waals surface area contributed by atoms with E-state index in [-0.39, 0.29) is 93.1 Å². The smallest absolute Gasteiger partial charge is 0.311 e. The Morgan fingerprint density at radius 2 is 0.939 bits per heavy atom. The first-order valence-corrected chi connectivity index (χ1v) is 31.5. The molecular formula is C70H102O12. The molecule has 6 fully saturated rings. The number of aliphatic hydroxyl groups is 3. The third kappa shape index (κ3) is 8.80. The van der Waals surface area contributed by atoms with Crippen LogP contribution >= 0.6 is 0 Å². The van der Waals surface area contributed by atoms with Crippen LogP contribution in [0.3, 0.4) is 0 Å². The van der Waals surface area contributed by atoms with E-state index in [2.05, 4.69) is 93.5 Å². The number of fused-ring (bicyclic) bond motifs is 14. The first-order valence-electron chi connectivity index (χ1n) is 31.5. The largest absolute Gasteiger partial charge is 0.469 e. The van der Waals surface area contributed by atoms with Crippen LogP contribution in [0.25, 0.3) is 0 Å². The van der Waals surface area contributed by atoms with Gasteiger partial charge in [0, 0.05) is 23.7 Å². The van der Waals surface area contributed by atoms with E-state index < -0.39 is 45.9 Å². The summed E-state index contributed by atoms with van der Waals surface area (Å²) in [6.45, 7) is 30.5. The van der Waals surface area contributed by atoms with Gasteiger partial charge in [0.25, 0.3) is 0 Å². The molecule has 10 aliphatic carbocycles. The highest BCUT2D eigenvalue weighted by atomic mass is 16.6. The summed E-state index contributed by atoms with van der Waals surface area (Å²) in [5.41, 5.74) is 3.29. The second-order valence-corrected chi connectivity index (χ2v) is 30.9. The molecule has 0 radical (unpaired) electrons. The van der Waals surface area contributed by atoms with Crippen molar-refractivity contribution in [2.24, 2.45) is 76.8 Å². The minimum Gasteiger partial charge on any atom is -0.469 e. The number of rotatable bonds is 10. The van der Waals surface area contributed by atoms with Gasteiger partial charge in [0.2, 0.25) is 0 Å². The molecule has 0 aromatic carbocycles. The van der Waals surface area contributed by atoms with Gasteiger partial charge in [0.1, 0.15) is 12.2 Å². The molecule has 17 atom stereocenters. The molecule has 6 saturated carbocycles. The fraction of sp³-hybridized carbons (Fsp3) is 0.757. The second kappa shape index (κ2) is 20.8. The molecule has 0 spiro atoms. The summed E-state index contributed by atoms with van der Waals surface area (Å²) in [7, 11) is 3.02. The zero-order chi connectivity index (χ0) is 60.5. The molecular weight excluding hydrogens is 1030 g/mol. The number of carbonyl (C=O) groups excluding carboxylic acids is 5. The van der Waals surface area contributed by atoms with Gasteiger partial charge >= 0.3 is 23.9 Å². The number of carbonyl (C=O) groups is 5. The zero-order valence-corrected chi connectivity index (χ0v) is 53.0. The number of hydrogen-bond acceptors (Lipinski definition) is 12. The molecule has 10 rings (SSSR count). The lowest BCUT2D eigenvalue weighted by Gasteiger charge is -2.70. The van der Waals surface area contributed by atoms with Crippen molar-refractivity contribution in [3.8, 4) is 0 Å². The zero-order valence-electron chi connectivity index (χ0n) is 53.0. The molecule has 3 N–H and O–H groups in total. The molecule has 0 bridgehead atoms. The van der Waals surface area contributed by atoms with Crippen molar-refractivity contribution in [3.05, 3.63) is 69.9 Å². The van der Waals surface area contributed by atoms with E-state index in [0.29, 0.717) is 24.7 Å². The third-order valence-corrected chi connectivity index (χ3v) is 26.3. The van der Waals surface area contributed by atoms with Crippen LogP contribution in [0, 0.1) is 76.8 Å². The fourth-order valence-electron chi connectivity index (χ4n) is 20.1. The average Bonchev–Trinajstić information content (AvgIpc) is 0.852. The summed E-state index contributed by atoms with van der Waals surface area (Å²) in [4.78, 5) is 64.5. The molecule has 12 nitrogen and oxygen atoms in total. The van der Waals surface area contributed by atoms with E-state index in [0.717, 1.165) is 112 Å². The normalized spacial score (nSPS) is 46.0. The van der Waals surface area contributed by atoms with E-state index in [1.807, 2.05) is 33.8 Å². The molecule has 10 aliphatic rings. The van der Waals surface area contributed by atoms with Crippen molar-refractivity contribution >= 4 is 29.7 Å². The Labute approximate surface area is 490 Å². The minimum absolute atomic E-state index is 0.00126. The van der Waals surface area contributed by atoms with Crippen LogP contribution in [-0.2, 0) is 42.9 Å². The Bertz CT molecular complexity index is 2850. The highest BCUT2D eigenvalue weighted by molar-refractivity contribution is 6.00. The summed E-state index contributed by atoms with van der Waals surface area (Å²) >= 11 is 0. The number of ether oxygens (including phenoxy) is 4. The van der Waals surface area contributed by atoms with Gasteiger partial charge in [-0.1, -0.05) is 105 Å². The van der Waals surface area contributed by atoms with Crippen molar-refractivity contribution in [2.75, 3.05) is 27.4 Å². The van der Waals surface area contributed by atoms with Crippen molar-refractivity contribution < 1.29 is 58.2 Å². The number of allylic oxidation sites excluding steroid dienone is 8. The van der Waals surface area contributed by atoms with Crippen LogP contribution in [0.15, 0.2) is 69.9 Å². The van der Waals surface area contributed by atoms with Gasteiger partial charge in [0.05, 0.1) is 49.1 Å². The summed E-state index contributed by atoms with van der Waals surface area (Å²) < 4.78 is 22.1. The summed E-state index contributed by atoms with van der Waals surface area (Å²) in [6, 6.07) is 0. The Hall–Kier alpha value is -4.13. The van der Waals surface area contributed by atoms with E-state index in [4.69, 9.17) is 18.9 Å². The Morgan fingerprint density at radius 3 is 1.37 bits per heavy atom. The summed E-state index contributed by atoms with van der Waals surface area (Å²) in [5.74, 6) is -0.406. The predicted molar refractivity (Wildman–Crippen MR) is 316 cm³/mol. The molecule has 0 aromatic heterocycles. The van der Waals surface area contributed by atoms with Gasteiger partial charge in [-0.3, -0.25) is 24.0 Å². The van der Waals surface area contributed by atoms with Crippen LogP contribution in [0.1, 0.15) is 213 Å². The van der Waals surface area contributed by atoms with Crippen molar-refractivity contribution in [1.29, 1.82) is 0 Å². The van der Waals surface area contributed by atoms with Crippen molar-refractivity contribution in [2.45, 2.75) is 231 Å². The van der Waals surface area contributed by atoms with E-state index in [1.54, 1.807) is 6.08 Å². The molecule has 82 heavy (non-hydrogen) atoms. The maximum absolute atomic E-state index is 13.6. The third-order valence-electron chi connectivity index (χ3n) is 26.3. The highest BCUT2D eigenvalue weighted by Gasteiger charge is 2.70. The molecule has 0 aliphatic heterocycles. The van der Waals surface area contributed by atoms with Gasteiger partial charge in [-0.25, -0.2) is 0 Å². The predicted octanol–water partition coefficient (Wildman–Crippen LogP) is 13.1. The van der Waals surface area contributed by atoms with Gasteiger partial charge in [0.15, 0.2) is 11.9 Å². The fourth-order valence-corrected chi connectivity index (χ4v) is 20.1. The van der Waals surface area contributed by atoms with Crippen molar-refractivity contribution in [1.82, 2.24) is 0 Å². The van der Waals surface area contributed by atoms with E-state index >= 15 is 0 Å². The Kier molecular flexibility index (Phi) is 15.8. The van der Waals surface area contributed by atoms with Crippen LogP contribution < -0.4 is 0 Å². The molecule has 0 saturated heterocycles. The Balaban J connectivity index is 0.000000198. The molecule has 1 unspecified atom stereocenters. The van der Waals surface area contributed by atoms with E-state index in [1.165, 1.54) is 25.4 Å². The number of methoxy groups -OCH3 is 2. The van der Waals surface area contributed by atoms with Crippen LogP contribution in [0.4, 0.5) is 0 Å².